The number of nitrogens with zero attached hydrogens (tertiary/aromatic N) is 2. The van der Waals surface area contributed by atoms with Gasteiger partial charge in [0.25, 0.3) is 5.91 Å². The Morgan fingerprint density at radius 3 is 2.50 bits per heavy atom. The first-order valence-electron chi connectivity index (χ1n) is 11.1. The Hall–Kier alpha value is -3.60. The summed E-state index contributed by atoms with van der Waals surface area (Å²) in [6.45, 7) is 6.01. The van der Waals surface area contributed by atoms with Crippen LogP contribution in [-0.4, -0.2) is 29.9 Å². The summed E-state index contributed by atoms with van der Waals surface area (Å²) < 4.78 is 0. The lowest BCUT2D eigenvalue weighted by Crippen LogP contribution is -2.49. The minimum absolute atomic E-state index is 0.0188. The van der Waals surface area contributed by atoms with E-state index in [0.717, 1.165) is 29.8 Å². The number of carbonyl (C=O) groups is 2. The molecule has 0 bridgehead atoms. The van der Waals surface area contributed by atoms with Crippen molar-refractivity contribution in [1.29, 1.82) is 0 Å². The zero-order chi connectivity index (χ0) is 22.5. The molecule has 5 heteroatoms. The molecule has 0 saturated carbocycles. The maximum atomic E-state index is 13.2. The van der Waals surface area contributed by atoms with Crippen molar-refractivity contribution in [2.24, 2.45) is 0 Å². The van der Waals surface area contributed by atoms with Gasteiger partial charge in [0.1, 0.15) is 0 Å². The van der Waals surface area contributed by atoms with Gasteiger partial charge in [0, 0.05) is 30.9 Å². The summed E-state index contributed by atoms with van der Waals surface area (Å²) in [5.74, 6) is -0.149. The zero-order valence-electron chi connectivity index (χ0n) is 18.6. The van der Waals surface area contributed by atoms with E-state index in [0.29, 0.717) is 18.7 Å². The summed E-state index contributed by atoms with van der Waals surface area (Å²) in [6.07, 6.45) is 0.888. The molecule has 3 amide bonds. The average molecular weight is 428 g/mol. The molecule has 3 aromatic rings. The molecule has 0 aromatic heterocycles. The van der Waals surface area contributed by atoms with Crippen LogP contribution in [0.4, 0.5) is 10.5 Å². The van der Waals surface area contributed by atoms with E-state index in [1.165, 1.54) is 5.56 Å². The first kappa shape index (κ1) is 21.6. The Labute approximate surface area is 189 Å². The number of aryl methyl sites for hydroxylation is 1. The molecule has 1 atom stereocenters. The van der Waals surface area contributed by atoms with Crippen molar-refractivity contribution >= 4 is 17.6 Å². The summed E-state index contributed by atoms with van der Waals surface area (Å²) in [7, 11) is 0. The second-order valence-electron chi connectivity index (χ2n) is 8.29. The van der Waals surface area contributed by atoms with Gasteiger partial charge in [-0.2, -0.15) is 0 Å². The molecule has 3 aromatic carbocycles. The summed E-state index contributed by atoms with van der Waals surface area (Å²) in [5, 5.41) is 3.05. The molecule has 1 heterocycles. The van der Waals surface area contributed by atoms with E-state index in [1.54, 1.807) is 11.0 Å². The van der Waals surface area contributed by atoms with E-state index in [2.05, 4.69) is 24.4 Å². The summed E-state index contributed by atoms with van der Waals surface area (Å²) >= 11 is 0. The monoisotopic (exact) mass is 427 g/mol. The fraction of sp³-hybridized carbons (Fsp3) is 0.259. The maximum absolute atomic E-state index is 13.2. The molecule has 0 spiro atoms. The fourth-order valence-electron chi connectivity index (χ4n) is 4.08. The molecule has 1 aliphatic rings. The smallest absolute Gasteiger partial charge is 0.324 e. The van der Waals surface area contributed by atoms with Crippen molar-refractivity contribution in [3.8, 4) is 0 Å². The molecule has 0 radical (unpaired) electrons. The van der Waals surface area contributed by atoms with Crippen LogP contribution < -0.4 is 10.2 Å². The largest absolute Gasteiger partial charge is 0.346 e. The van der Waals surface area contributed by atoms with Crippen LogP contribution in [0.2, 0.25) is 0 Å². The predicted octanol–water partition coefficient (Wildman–Crippen LogP) is 5.32. The van der Waals surface area contributed by atoms with E-state index in [9.17, 15) is 9.59 Å². The number of carbonyl (C=O) groups excluding carboxylic acids is 2. The minimum Gasteiger partial charge on any atom is -0.346 e. The zero-order valence-corrected chi connectivity index (χ0v) is 18.6. The van der Waals surface area contributed by atoms with E-state index >= 15 is 0 Å². The molecule has 4 rings (SSSR count). The van der Waals surface area contributed by atoms with Gasteiger partial charge in [-0.25, -0.2) is 4.79 Å². The number of hydrogen-bond acceptors (Lipinski definition) is 2. The number of rotatable bonds is 6. The molecule has 164 valence electrons. The van der Waals surface area contributed by atoms with Gasteiger partial charge in [0.15, 0.2) is 0 Å². The first-order valence-corrected chi connectivity index (χ1v) is 11.1. The number of amides is 3. The molecule has 0 unspecified atom stereocenters. The van der Waals surface area contributed by atoms with Crippen LogP contribution in [0, 0.1) is 6.92 Å². The van der Waals surface area contributed by atoms with Gasteiger partial charge in [-0.15, -0.1) is 0 Å². The van der Waals surface area contributed by atoms with Crippen molar-refractivity contribution < 1.29 is 9.59 Å². The Balaban J connectivity index is 1.47. The first-order chi connectivity index (χ1) is 15.5. The topological polar surface area (TPSA) is 52.6 Å². The van der Waals surface area contributed by atoms with Gasteiger partial charge < -0.3 is 10.2 Å². The van der Waals surface area contributed by atoms with Gasteiger partial charge in [-0.1, -0.05) is 60.7 Å². The minimum atomic E-state index is -0.149. The molecule has 32 heavy (non-hydrogen) atoms. The van der Waals surface area contributed by atoms with Crippen LogP contribution in [0.1, 0.15) is 46.4 Å². The third-order valence-electron chi connectivity index (χ3n) is 6.00. The number of anilines is 1. The SMILES string of the molecule is Cc1ccccc1CN1CCCN(c2cccc(C(=O)N[C@H](C)c3ccccc3)c2)C1=O. The predicted molar refractivity (Wildman–Crippen MR) is 128 cm³/mol. The highest BCUT2D eigenvalue weighted by molar-refractivity contribution is 5.98. The summed E-state index contributed by atoms with van der Waals surface area (Å²) in [6, 6.07) is 25.2. The maximum Gasteiger partial charge on any atom is 0.324 e. The second-order valence-corrected chi connectivity index (χ2v) is 8.29. The van der Waals surface area contributed by atoms with Crippen LogP contribution in [0.15, 0.2) is 78.9 Å². The van der Waals surface area contributed by atoms with Gasteiger partial charge >= 0.3 is 6.03 Å². The van der Waals surface area contributed by atoms with Crippen LogP contribution in [0.3, 0.4) is 0 Å². The van der Waals surface area contributed by atoms with Gasteiger partial charge in [-0.05, 0) is 55.2 Å². The molecule has 5 nitrogen and oxygen atoms in total. The molecule has 1 N–H and O–H groups in total. The van der Waals surface area contributed by atoms with E-state index < -0.39 is 0 Å². The van der Waals surface area contributed by atoms with Crippen molar-refractivity contribution in [2.45, 2.75) is 32.9 Å². The van der Waals surface area contributed by atoms with Crippen molar-refractivity contribution in [3.63, 3.8) is 0 Å². The van der Waals surface area contributed by atoms with Gasteiger partial charge in [-0.3, -0.25) is 9.69 Å². The molecule has 1 aliphatic heterocycles. The van der Waals surface area contributed by atoms with Crippen LogP contribution in [-0.2, 0) is 6.54 Å². The lowest BCUT2D eigenvalue weighted by atomic mass is 10.1. The van der Waals surface area contributed by atoms with Crippen LogP contribution in [0.5, 0.6) is 0 Å². The Kier molecular flexibility index (Phi) is 6.55. The Bertz CT molecular complexity index is 1100. The van der Waals surface area contributed by atoms with Crippen LogP contribution >= 0.6 is 0 Å². The van der Waals surface area contributed by atoms with Crippen molar-refractivity contribution in [1.82, 2.24) is 10.2 Å². The highest BCUT2D eigenvalue weighted by Gasteiger charge is 2.27. The highest BCUT2D eigenvalue weighted by atomic mass is 16.2. The third kappa shape index (κ3) is 4.83. The Morgan fingerprint density at radius 2 is 1.72 bits per heavy atom. The second kappa shape index (κ2) is 9.69. The van der Waals surface area contributed by atoms with E-state index in [4.69, 9.17) is 0 Å². The van der Waals surface area contributed by atoms with Crippen molar-refractivity contribution in [3.05, 3.63) is 101 Å². The summed E-state index contributed by atoms with van der Waals surface area (Å²) in [5.41, 5.74) is 4.70. The molecule has 1 saturated heterocycles. The normalized spacial score (nSPS) is 14.9. The third-order valence-corrected chi connectivity index (χ3v) is 6.00. The lowest BCUT2D eigenvalue weighted by Gasteiger charge is -2.36. The fourth-order valence-corrected chi connectivity index (χ4v) is 4.08. The van der Waals surface area contributed by atoms with Gasteiger partial charge in [0.05, 0.1) is 6.04 Å². The number of hydrogen-bond donors (Lipinski definition) is 1. The van der Waals surface area contributed by atoms with E-state index in [1.807, 2.05) is 72.5 Å². The standard InChI is InChI=1S/C27H29N3O2/c1-20-10-6-7-13-24(20)19-29-16-9-17-30(27(29)32)25-15-8-14-23(18-25)26(31)28-21(2)22-11-4-3-5-12-22/h3-8,10-15,18,21H,9,16-17,19H2,1-2H3,(H,28,31)/t21-/m1/s1. The summed E-state index contributed by atoms with van der Waals surface area (Å²) in [4.78, 5) is 29.8. The van der Waals surface area contributed by atoms with E-state index in [-0.39, 0.29) is 18.0 Å². The number of urea groups is 1. The molecule has 1 fully saturated rings. The molecule has 0 aliphatic carbocycles. The lowest BCUT2D eigenvalue weighted by molar-refractivity contribution is 0.0940. The number of nitrogens with one attached hydrogen (secondary N) is 1. The van der Waals surface area contributed by atoms with Gasteiger partial charge in [0.2, 0.25) is 0 Å². The Morgan fingerprint density at radius 1 is 0.969 bits per heavy atom. The molecular formula is C27H29N3O2. The quantitative estimate of drug-likeness (QED) is 0.579. The average Bonchev–Trinajstić information content (AvgIpc) is 2.82. The van der Waals surface area contributed by atoms with Crippen molar-refractivity contribution in [2.75, 3.05) is 18.0 Å². The molecular weight excluding hydrogens is 398 g/mol. The van der Waals surface area contributed by atoms with Crippen LogP contribution in [0.25, 0.3) is 0 Å². The number of benzene rings is 3. The highest BCUT2D eigenvalue weighted by Crippen LogP contribution is 2.24.